The Morgan fingerprint density at radius 1 is 0.775 bits per heavy atom. The minimum Gasteiger partial charge on any atom is -0.296 e. The molecule has 2 saturated heterocycles. The van der Waals surface area contributed by atoms with Gasteiger partial charge in [0.1, 0.15) is 11.4 Å². The minimum atomic E-state index is -1.13. The van der Waals surface area contributed by atoms with Gasteiger partial charge in [0.05, 0.1) is 34.1 Å². The van der Waals surface area contributed by atoms with Crippen LogP contribution >= 0.6 is 0 Å². The minimum absolute atomic E-state index is 0.0458. The van der Waals surface area contributed by atoms with E-state index in [1.54, 1.807) is 10.6 Å². The van der Waals surface area contributed by atoms with Gasteiger partial charge in [0.15, 0.2) is 0 Å². The van der Waals surface area contributed by atoms with Crippen LogP contribution < -0.4 is 15.8 Å². The van der Waals surface area contributed by atoms with Crippen LogP contribution in [0.4, 0.5) is 5.69 Å². The average Bonchev–Trinajstić information content (AvgIpc) is 3.56. The zero-order chi connectivity index (χ0) is 27.3. The summed E-state index contributed by atoms with van der Waals surface area (Å²) in [5.41, 5.74) is 1.34. The van der Waals surface area contributed by atoms with Crippen molar-refractivity contribution in [3.63, 3.8) is 0 Å². The van der Waals surface area contributed by atoms with E-state index in [0.29, 0.717) is 28.1 Å². The first-order valence-corrected chi connectivity index (χ1v) is 13.7. The number of benzene rings is 4. The van der Waals surface area contributed by atoms with Gasteiger partial charge in [0.25, 0.3) is 5.56 Å². The van der Waals surface area contributed by atoms with Crippen molar-refractivity contribution < 1.29 is 9.59 Å². The van der Waals surface area contributed by atoms with Crippen LogP contribution in [0.15, 0.2) is 95.8 Å². The summed E-state index contributed by atoms with van der Waals surface area (Å²) in [5.74, 6) is -1.36. The van der Waals surface area contributed by atoms with E-state index in [1.807, 2.05) is 84.9 Å². The lowest BCUT2D eigenvalue weighted by atomic mass is 9.75. The molecule has 7 nitrogen and oxygen atoms in total. The number of carbonyl (C=O) groups is 2. The van der Waals surface area contributed by atoms with Crippen LogP contribution in [-0.2, 0) is 15.1 Å². The molecule has 7 heteroatoms. The lowest BCUT2D eigenvalue weighted by Crippen LogP contribution is -2.51. The topological polar surface area (TPSA) is 84.3 Å². The lowest BCUT2D eigenvalue weighted by Gasteiger charge is -2.32. The van der Waals surface area contributed by atoms with Gasteiger partial charge in [-0.1, -0.05) is 80.6 Å². The van der Waals surface area contributed by atoms with E-state index in [9.17, 15) is 14.4 Å². The molecule has 1 N–H and O–H groups in total. The van der Waals surface area contributed by atoms with Crippen molar-refractivity contribution in [3.8, 4) is 5.69 Å². The first kappa shape index (κ1) is 23.3. The molecule has 0 aliphatic carbocycles. The molecular formula is C33H26N4O3. The van der Waals surface area contributed by atoms with Gasteiger partial charge in [-0.05, 0) is 35.6 Å². The van der Waals surface area contributed by atoms with Crippen molar-refractivity contribution in [3.05, 3.63) is 113 Å². The van der Waals surface area contributed by atoms with Crippen molar-refractivity contribution in [1.82, 2.24) is 14.9 Å². The fourth-order valence-corrected chi connectivity index (χ4v) is 7.37. The summed E-state index contributed by atoms with van der Waals surface area (Å²) in [6, 6.07) is 28.1. The van der Waals surface area contributed by atoms with Crippen LogP contribution in [0.1, 0.15) is 25.2 Å². The predicted octanol–water partition coefficient (Wildman–Crippen LogP) is 4.53. The van der Waals surface area contributed by atoms with Crippen LogP contribution in [0.2, 0.25) is 0 Å². The zero-order valence-electron chi connectivity index (χ0n) is 22.0. The second kappa shape index (κ2) is 7.96. The fraction of sp³-hybridized carbons (Fsp3) is 0.212. The third kappa shape index (κ3) is 2.72. The summed E-state index contributed by atoms with van der Waals surface area (Å²) in [5, 5.41) is 6.07. The molecular weight excluding hydrogens is 500 g/mol. The second-order valence-electron chi connectivity index (χ2n) is 11.3. The van der Waals surface area contributed by atoms with Crippen LogP contribution in [0.5, 0.6) is 0 Å². The molecule has 4 heterocycles. The van der Waals surface area contributed by atoms with Crippen LogP contribution in [-0.4, -0.2) is 27.4 Å². The molecule has 3 aliphatic rings. The Balaban J connectivity index is 1.43. The maximum Gasteiger partial charge on any atom is 0.266 e. The largest absolute Gasteiger partial charge is 0.296 e. The molecule has 0 radical (unpaired) electrons. The number of nitrogens with one attached hydrogen (secondary N) is 1. The Morgan fingerprint density at radius 2 is 1.45 bits per heavy atom. The van der Waals surface area contributed by atoms with Crippen molar-refractivity contribution in [1.29, 1.82) is 0 Å². The van der Waals surface area contributed by atoms with Gasteiger partial charge in [-0.2, -0.15) is 0 Å². The molecule has 2 fully saturated rings. The number of nitrogens with zero attached hydrogens (tertiary/aromatic N) is 3. The molecule has 40 heavy (non-hydrogen) atoms. The molecule has 1 aromatic heterocycles. The highest BCUT2D eigenvalue weighted by Crippen LogP contribution is 2.56. The monoisotopic (exact) mass is 526 g/mol. The van der Waals surface area contributed by atoms with E-state index in [4.69, 9.17) is 4.98 Å². The average molecular weight is 527 g/mol. The number of amides is 2. The number of hydrogen-bond donors (Lipinski definition) is 1. The van der Waals surface area contributed by atoms with Gasteiger partial charge in [0.2, 0.25) is 11.8 Å². The zero-order valence-corrected chi connectivity index (χ0v) is 22.0. The highest BCUT2D eigenvalue weighted by Gasteiger charge is 2.70. The SMILES string of the molecule is CC(C)C1NC2(c3ccccc3-n3c2nc2ccccc2c3=O)C2C(=O)N(c3cccc4ccccc34)C(=O)C12. The number of para-hydroxylation sites is 2. The maximum atomic E-state index is 14.7. The number of aromatic nitrogens is 2. The highest BCUT2D eigenvalue weighted by atomic mass is 16.2. The third-order valence-corrected chi connectivity index (χ3v) is 9.02. The first-order chi connectivity index (χ1) is 19.4. The number of rotatable bonds is 2. The number of anilines is 1. The predicted molar refractivity (Wildman–Crippen MR) is 153 cm³/mol. The Hall–Kier alpha value is -4.62. The van der Waals surface area contributed by atoms with E-state index < -0.39 is 17.4 Å². The Kier molecular flexibility index (Phi) is 4.63. The van der Waals surface area contributed by atoms with Crippen LogP contribution in [0.3, 0.4) is 0 Å². The Labute approximate surface area is 230 Å². The van der Waals surface area contributed by atoms with E-state index in [0.717, 1.165) is 16.3 Å². The first-order valence-electron chi connectivity index (χ1n) is 13.7. The smallest absolute Gasteiger partial charge is 0.266 e. The van der Waals surface area contributed by atoms with Crippen molar-refractivity contribution >= 4 is 39.2 Å². The summed E-state index contributed by atoms with van der Waals surface area (Å²) in [7, 11) is 0. The molecule has 5 aromatic rings. The molecule has 0 bridgehead atoms. The maximum absolute atomic E-state index is 14.7. The number of hydrogen-bond acceptors (Lipinski definition) is 5. The van der Waals surface area contributed by atoms with E-state index in [1.165, 1.54) is 4.90 Å². The van der Waals surface area contributed by atoms with Gasteiger partial charge in [-0.15, -0.1) is 0 Å². The molecule has 8 rings (SSSR count). The van der Waals surface area contributed by atoms with E-state index >= 15 is 0 Å². The summed E-state index contributed by atoms with van der Waals surface area (Å²) in [6.07, 6.45) is 0. The molecule has 4 unspecified atom stereocenters. The molecule has 196 valence electrons. The number of carbonyl (C=O) groups excluding carboxylic acids is 2. The van der Waals surface area contributed by atoms with E-state index in [-0.39, 0.29) is 29.3 Å². The van der Waals surface area contributed by atoms with Gasteiger partial charge in [0, 0.05) is 17.0 Å². The summed E-state index contributed by atoms with van der Waals surface area (Å²) >= 11 is 0. The van der Waals surface area contributed by atoms with Gasteiger partial charge >= 0.3 is 0 Å². The van der Waals surface area contributed by atoms with Crippen LogP contribution in [0.25, 0.3) is 27.4 Å². The summed E-state index contributed by atoms with van der Waals surface area (Å²) in [6.45, 7) is 4.13. The van der Waals surface area contributed by atoms with Crippen molar-refractivity contribution in [2.45, 2.75) is 25.4 Å². The van der Waals surface area contributed by atoms with E-state index in [2.05, 4.69) is 19.2 Å². The van der Waals surface area contributed by atoms with Gasteiger partial charge in [-0.25, -0.2) is 9.88 Å². The molecule has 4 aromatic carbocycles. The third-order valence-electron chi connectivity index (χ3n) is 9.02. The summed E-state index contributed by atoms with van der Waals surface area (Å²) in [4.78, 5) is 49.4. The standard InChI is InChI=1S/C33H26N4O3/c1-18(2)28-26-27(31(40)36(30(26)39)24-17-9-11-19-10-3-4-12-20(19)24)33(35-28)22-14-6-8-16-25(22)37-29(38)21-13-5-7-15-23(21)34-32(33)37/h3-18,26-28,35H,1-2H3. The van der Waals surface area contributed by atoms with Crippen molar-refractivity contribution in [2.24, 2.45) is 17.8 Å². The molecule has 2 amide bonds. The normalized spacial score (nSPS) is 24.9. The Morgan fingerprint density at radius 3 is 2.27 bits per heavy atom. The quantitative estimate of drug-likeness (QED) is 0.342. The molecule has 3 aliphatic heterocycles. The van der Waals surface area contributed by atoms with Crippen LogP contribution in [0, 0.1) is 17.8 Å². The van der Waals surface area contributed by atoms with Gasteiger partial charge < -0.3 is 0 Å². The number of fused-ring (bicyclic) bond motifs is 9. The highest BCUT2D eigenvalue weighted by molar-refractivity contribution is 6.26. The lowest BCUT2D eigenvalue weighted by molar-refractivity contribution is -0.123. The van der Waals surface area contributed by atoms with Gasteiger partial charge in [-0.3, -0.25) is 24.3 Å². The molecule has 0 saturated carbocycles. The summed E-state index contributed by atoms with van der Waals surface area (Å²) < 4.78 is 1.64. The Bertz CT molecular complexity index is 1970. The molecule has 4 atom stereocenters. The fourth-order valence-electron chi connectivity index (χ4n) is 7.37. The number of imide groups is 1. The second-order valence-corrected chi connectivity index (χ2v) is 11.3. The van der Waals surface area contributed by atoms with Crippen molar-refractivity contribution in [2.75, 3.05) is 4.90 Å². The molecule has 1 spiro atoms.